The van der Waals surface area contributed by atoms with Gasteiger partial charge in [0.05, 0.1) is 11.9 Å². The van der Waals surface area contributed by atoms with Crippen molar-refractivity contribution in [1.29, 1.82) is 0 Å². The lowest BCUT2D eigenvalue weighted by atomic mass is 10.1. The number of rotatable bonds is 3. The van der Waals surface area contributed by atoms with Crippen LogP contribution in [-0.4, -0.2) is 57.8 Å². The average Bonchev–Trinajstić information content (AvgIpc) is 3.29. The van der Waals surface area contributed by atoms with Crippen LogP contribution >= 0.6 is 0 Å². The Hall–Kier alpha value is -3.29. The first-order valence-electron chi connectivity index (χ1n) is 8.42. The quantitative estimate of drug-likeness (QED) is 0.732. The number of fused-ring (bicyclic) bond motifs is 1. The monoisotopic (exact) mass is 354 g/mol. The number of carbonyl (C=O) groups is 2. The van der Waals surface area contributed by atoms with E-state index in [9.17, 15) is 14.4 Å². The lowest BCUT2D eigenvalue weighted by Crippen LogP contribution is -2.51. The molecule has 8 nitrogen and oxygen atoms in total. The molecular weight excluding hydrogens is 336 g/mol. The summed E-state index contributed by atoms with van der Waals surface area (Å²) in [6, 6.07) is 8.75. The third kappa shape index (κ3) is 3.13. The van der Waals surface area contributed by atoms with Gasteiger partial charge in [-0.3, -0.25) is 14.6 Å². The number of aromatic nitrogens is 2. The summed E-state index contributed by atoms with van der Waals surface area (Å²) in [5, 5.41) is 0. The lowest BCUT2D eigenvalue weighted by molar-refractivity contribution is -0.131. The molecule has 0 spiro atoms. The van der Waals surface area contributed by atoms with Crippen LogP contribution in [0.5, 0.6) is 0 Å². The summed E-state index contributed by atoms with van der Waals surface area (Å²) in [6.45, 7) is 2.04. The van der Waals surface area contributed by atoms with Gasteiger partial charge in [-0.25, -0.2) is 4.79 Å². The Bertz CT molecular complexity index is 994. The summed E-state index contributed by atoms with van der Waals surface area (Å²) < 4.78 is 4.96. The standard InChI is InChI=1S/C18H18N4O4/c23-16(11-12-3-4-15-14(10-12)20-18(25)26-15)21-6-8-22(9-7-21)17(24)13-2-1-5-19-13/h1-5,10,19H,6-9,11H2,(H,20,25). The van der Waals surface area contributed by atoms with Gasteiger partial charge in [0.1, 0.15) is 5.69 Å². The predicted molar refractivity (Wildman–Crippen MR) is 93.8 cm³/mol. The molecule has 0 radical (unpaired) electrons. The number of piperazine rings is 1. The normalized spacial score (nSPS) is 14.8. The molecule has 1 aliphatic rings. The Balaban J connectivity index is 1.37. The molecule has 0 saturated carbocycles. The summed E-state index contributed by atoms with van der Waals surface area (Å²) in [5.74, 6) is -0.551. The molecule has 1 aromatic carbocycles. The zero-order valence-corrected chi connectivity index (χ0v) is 14.0. The van der Waals surface area contributed by atoms with Crippen molar-refractivity contribution in [2.24, 2.45) is 0 Å². The summed E-state index contributed by atoms with van der Waals surface area (Å²) >= 11 is 0. The number of aromatic amines is 2. The summed E-state index contributed by atoms with van der Waals surface area (Å²) in [6.07, 6.45) is 1.96. The van der Waals surface area contributed by atoms with E-state index in [1.54, 1.807) is 46.3 Å². The summed E-state index contributed by atoms with van der Waals surface area (Å²) in [5.41, 5.74) is 2.43. The molecule has 2 aromatic heterocycles. The second-order valence-electron chi connectivity index (χ2n) is 6.28. The third-order valence-corrected chi connectivity index (χ3v) is 4.59. The van der Waals surface area contributed by atoms with Crippen LogP contribution in [0.2, 0.25) is 0 Å². The van der Waals surface area contributed by atoms with Gasteiger partial charge in [0.15, 0.2) is 5.58 Å². The van der Waals surface area contributed by atoms with E-state index in [-0.39, 0.29) is 18.2 Å². The molecule has 0 bridgehead atoms. The van der Waals surface area contributed by atoms with Gasteiger partial charge in [-0.15, -0.1) is 0 Å². The van der Waals surface area contributed by atoms with Gasteiger partial charge in [0.25, 0.3) is 5.91 Å². The van der Waals surface area contributed by atoms with Gasteiger partial charge in [-0.05, 0) is 29.8 Å². The average molecular weight is 354 g/mol. The molecule has 3 heterocycles. The van der Waals surface area contributed by atoms with E-state index < -0.39 is 5.76 Å². The zero-order chi connectivity index (χ0) is 18.1. The van der Waals surface area contributed by atoms with Crippen molar-refractivity contribution in [3.63, 3.8) is 0 Å². The van der Waals surface area contributed by atoms with Crippen LogP contribution in [0.15, 0.2) is 45.7 Å². The number of amides is 2. The molecule has 0 unspecified atom stereocenters. The molecule has 2 amide bonds. The highest BCUT2D eigenvalue weighted by molar-refractivity contribution is 5.92. The first-order chi connectivity index (χ1) is 12.6. The largest absolute Gasteiger partial charge is 0.417 e. The molecule has 2 N–H and O–H groups in total. The molecule has 0 atom stereocenters. The van der Waals surface area contributed by atoms with Gasteiger partial charge in [-0.1, -0.05) is 6.07 Å². The highest BCUT2D eigenvalue weighted by Gasteiger charge is 2.25. The molecule has 4 rings (SSSR count). The Morgan fingerprint density at radius 1 is 1.08 bits per heavy atom. The fourth-order valence-electron chi connectivity index (χ4n) is 3.19. The Kier molecular flexibility index (Phi) is 4.08. The van der Waals surface area contributed by atoms with Crippen LogP contribution < -0.4 is 5.76 Å². The molecule has 1 fully saturated rings. The van der Waals surface area contributed by atoms with E-state index in [0.29, 0.717) is 43.0 Å². The number of benzene rings is 1. The van der Waals surface area contributed by atoms with Crippen LogP contribution in [0.4, 0.5) is 0 Å². The van der Waals surface area contributed by atoms with Gasteiger partial charge >= 0.3 is 5.76 Å². The first-order valence-corrected chi connectivity index (χ1v) is 8.42. The minimum atomic E-state index is -0.508. The van der Waals surface area contributed by atoms with E-state index in [2.05, 4.69) is 9.97 Å². The highest BCUT2D eigenvalue weighted by atomic mass is 16.4. The summed E-state index contributed by atoms with van der Waals surface area (Å²) in [7, 11) is 0. The molecule has 1 saturated heterocycles. The van der Waals surface area contributed by atoms with Crippen molar-refractivity contribution >= 4 is 22.9 Å². The molecular formula is C18H18N4O4. The van der Waals surface area contributed by atoms with Crippen LogP contribution in [0.1, 0.15) is 16.1 Å². The molecule has 26 heavy (non-hydrogen) atoms. The molecule has 1 aliphatic heterocycles. The number of nitrogens with one attached hydrogen (secondary N) is 2. The SMILES string of the molecule is O=C(Cc1ccc2oc(=O)[nH]c2c1)N1CCN(C(=O)c2ccc[nH]2)CC1. The maximum Gasteiger partial charge on any atom is 0.417 e. The van der Waals surface area contributed by atoms with Crippen LogP contribution in [0, 0.1) is 0 Å². The zero-order valence-electron chi connectivity index (χ0n) is 14.0. The van der Waals surface area contributed by atoms with Crippen molar-refractivity contribution in [1.82, 2.24) is 19.8 Å². The number of hydrogen-bond acceptors (Lipinski definition) is 4. The van der Waals surface area contributed by atoms with E-state index in [1.165, 1.54) is 0 Å². The number of carbonyl (C=O) groups excluding carboxylic acids is 2. The fourth-order valence-corrected chi connectivity index (χ4v) is 3.19. The van der Waals surface area contributed by atoms with Gasteiger partial charge in [0, 0.05) is 32.4 Å². The van der Waals surface area contributed by atoms with E-state index >= 15 is 0 Å². The Labute approximate surface area is 148 Å². The highest BCUT2D eigenvalue weighted by Crippen LogP contribution is 2.14. The van der Waals surface area contributed by atoms with Crippen LogP contribution in [0.3, 0.4) is 0 Å². The fraction of sp³-hybridized carbons (Fsp3) is 0.278. The number of oxazole rings is 1. The Morgan fingerprint density at radius 3 is 2.58 bits per heavy atom. The number of hydrogen-bond donors (Lipinski definition) is 2. The number of nitrogens with zero attached hydrogens (tertiary/aromatic N) is 2. The van der Waals surface area contributed by atoms with Crippen molar-refractivity contribution < 1.29 is 14.0 Å². The second kappa shape index (κ2) is 6.55. The maximum absolute atomic E-state index is 12.5. The molecule has 134 valence electrons. The van der Waals surface area contributed by atoms with Crippen molar-refractivity contribution in [2.45, 2.75) is 6.42 Å². The van der Waals surface area contributed by atoms with Crippen LogP contribution in [0.25, 0.3) is 11.1 Å². The second-order valence-corrected chi connectivity index (χ2v) is 6.28. The topological polar surface area (TPSA) is 102 Å². The number of H-pyrrole nitrogens is 2. The minimum Gasteiger partial charge on any atom is -0.408 e. The van der Waals surface area contributed by atoms with Gasteiger partial charge in [-0.2, -0.15) is 0 Å². The van der Waals surface area contributed by atoms with Crippen molar-refractivity contribution in [3.8, 4) is 0 Å². The van der Waals surface area contributed by atoms with Crippen molar-refractivity contribution in [3.05, 3.63) is 58.3 Å². The smallest absolute Gasteiger partial charge is 0.408 e. The summed E-state index contributed by atoms with van der Waals surface area (Å²) in [4.78, 5) is 45.1. The predicted octanol–water partition coefficient (Wildman–Crippen LogP) is 0.976. The molecule has 3 aromatic rings. The molecule has 8 heteroatoms. The third-order valence-electron chi connectivity index (χ3n) is 4.59. The van der Waals surface area contributed by atoms with E-state index in [4.69, 9.17) is 4.42 Å². The lowest BCUT2D eigenvalue weighted by Gasteiger charge is -2.34. The van der Waals surface area contributed by atoms with Gasteiger partial charge in [0.2, 0.25) is 5.91 Å². The first kappa shape index (κ1) is 16.2. The van der Waals surface area contributed by atoms with E-state index in [0.717, 1.165) is 5.56 Å². The maximum atomic E-state index is 12.5. The molecule has 0 aliphatic carbocycles. The van der Waals surface area contributed by atoms with Crippen LogP contribution in [-0.2, 0) is 11.2 Å². The Morgan fingerprint density at radius 2 is 1.85 bits per heavy atom. The van der Waals surface area contributed by atoms with Crippen molar-refractivity contribution in [2.75, 3.05) is 26.2 Å². The van der Waals surface area contributed by atoms with Gasteiger partial charge < -0.3 is 19.2 Å². The van der Waals surface area contributed by atoms with E-state index in [1.807, 2.05) is 0 Å². The minimum absolute atomic E-state index is 0.00200.